The Morgan fingerprint density at radius 3 is 2.59 bits per heavy atom. The number of nitrogens with one attached hydrogen (secondary N) is 1. The third-order valence-electron chi connectivity index (χ3n) is 2.12. The maximum Gasteiger partial charge on any atom is 0.277 e. The molecule has 0 aliphatic rings. The molecule has 0 aliphatic heterocycles. The summed E-state index contributed by atoms with van der Waals surface area (Å²) >= 11 is 3.26. The first-order chi connectivity index (χ1) is 7.95. The van der Waals surface area contributed by atoms with Crippen LogP contribution in [0, 0.1) is 0 Å². The summed E-state index contributed by atoms with van der Waals surface area (Å²) in [4.78, 5) is 16.8. The molecule has 0 aliphatic carbocycles. The molecule has 1 aromatic heterocycles. The van der Waals surface area contributed by atoms with Gasteiger partial charge in [0.05, 0.1) is 5.69 Å². The highest BCUT2D eigenvalue weighted by atomic mass is 32.2. The molecule has 1 heterocycles. The zero-order chi connectivity index (χ0) is 13.0. The van der Waals surface area contributed by atoms with E-state index in [0.29, 0.717) is 10.1 Å². The first kappa shape index (κ1) is 14.5. The lowest BCUT2D eigenvalue weighted by Gasteiger charge is -2.03. The van der Waals surface area contributed by atoms with Crippen molar-refractivity contribution >= 4 is 29.0 Å². The Kier molecular flexibility index (Phi) is 5.42. The predicted octanol–water partition coefficient (Wildman–Crippen LogP) is 2.51. The van der Waals surface area contributed by atoms with Crippen molar-refractivity contribution in [2.45, 2.75) is 44.6 Å². The second-order valence-electron chi connectivity index (χ2n) is 4.31. The quantitative estimate of drug-likeness (QED) is 0.491. The number of thiazole rings is 1. The van der Waals surface area contributed by atoms with Crippen LogP contribution in [0.15, 0.2) is 0 Å². The molecule has 1 amide bonds. The fraction of sp³-hybridized carbons (Fsp3) is 0.636. The van der Waals surface area contributed by atoms with Crippen LogP contribution < -0.4 is 11.3 Å². The van der Waals surface area contributed by atoms with Gasteiger partial charge in [-0.15, -0.1) is 11.3 Å². The van der Waals surface area contributed by atoms with Crippen LogP contribution in [0.25, 0.3) is 0 Å². The van der Waals surface area contributed by atoms with Gasteiger partial charge in [-0.2, -0.15) is 11.8 Å². The van der Waals surface area contributed by atoms with Gasteiger partial charge in [0.25, 0.3) is 5.91 Å². The van der Waals surface area contributed by atoms with E-state index in [2.05, 4.69) is 24.3 Å². The third-order valence-corrected chi connectivity index (χ3v) is 4.48. The number of carbonyl (C=O) groups is 1. The van der Waals surface area contributed by atoms with Crippen LogP contribution in [-0.4, -0.2) is 16.1 Å². The predicted molar refractivity (Wildman–Crippen MR) is 74.3 cm³/mol. The average Bonchev–Trinajstić information content (AvgIpc) is 2.69. The molecular formula is C11H19N3OS2. The van der Waals surface area contributed by atoms with Gasteiger partial charge in [-0.1, -0.05) is 27.7 Å². The van der Waals surface area contributed by atoms with E-state index in [0.717, 1.165) is 16.5 Å². The lowest BCUT2D eigenvalue weighted by molar-refractivity contribution is 0.0956. The minimum atomic E-state index is -0.244. The number of aromatic nitrogens is 1. The zero-order valence-electron chi connectivity index (χ0n) is 10.6. The van der Waals surface area contributed by atoms with Crippen molar-refractivity contribution in [2.75, 3.05) is 0 Å². The summed E-state index contributed by atoms with van der Waals surface area (Å²) < 4.78 is 0. The van der Waals surface area contributed by atoms with Gasteiger partial charge in [0, 0.05) is 5.75 Å². The SMILES string of the molecule is CC(C)SCc1nc(C(C)C)c(C(=O)NN)s1. The number of carbonyl (C=O) groups excluding carboxylic acids is 1. The second kappa shape index (κ2) is 6.37. The van der Waals surface area contributed by atoms with Gasteiger partial charge < -0.3 is 0 Å². The number of hydrogen-bond acceptors (Lipinski definition) is 5. The van der Waals surface area contributed by atoms with Gasteiger partial charge in [-0.05, 0) is 11.2 Å². The Morgan fingerprint density at radius 2 is 2.12 bits per heavy atom. The molecule has 4 nitrogen and oxygen atoms in total. The van der Waals surface area contributed by atoms with Gasteiger partial charge in [0.15, 0.2) is 0 Å². The highest BCUT2D eigenvalue weighted by Crippen LogP contribution is 2.28. The number of hydrazine groups is 1. The molecule has 17 heavy (non-hydrogen) atoms. The van der Waals surface area contributed by atoms with Crippen LogP contribution in [0.5, 0.6) is 0 Å². The molecule has 0 aromatic carbocycles. The van der Waals surface area contributed by atoms with Crippen molar-refractivity contribution in [2.24, 2.45) is 5.84 Å². The zero-order valence-corrected chi connectivity index (χ0v) is 12.2. The Balaban J connectivity index is 2.92. The topological polar surface area (TPSA) is 68.0 Å². The number of nitrogens with two attached hydrogens (primary N) is 1. The summed E-state index contributed by atoms with van der Waals surface area (Å²) in [5.41, 5.74) is 3.02. The van der Waals surface area contributed by atoms with Crippen molar-refractivity contribution in [3.63, 3.8) is 0 Å². The van der Waals surface area contributed by atoms with Crippen LogP contribution in [0.1, 0.15) is 54.0 Å². The summed E-state index contributed by atoms with van der Waals surface area (Å²) in [5, 5.41) is 1.55. The van der Waals surface area contributed by atoms with Gasteiger partial charge in [-0.3, -0.25) is 10.2 Å². The standard InChI is InChI=1S/C11H19N3OS2/c1-6(2)9-10(11(15)14-12)17-8(13-9)5-16-7(3)4/h6-7H,5,12H2,1-4H3,(H,14,15). The fourth-order valence-corrected chi connectivity index (χ4v) is 3.19. The first-order valence-electron chi connectivity index (χ1n) is 5.57. The second-order valence-corrected chi connectivity index (χ2v) is 6.96. The molecule has 0 fully saturated rings. The molecule has 96 valence electrons. The summed E-state index contributed by atoms with van der Waals surface area (Å²) in [6.45, 7) is 8.35. The van der Waals surface area contributed by atoms with E-state index in [1.165, 1.54) is 11.3 Å². The Morgan fingerprint density at radius 1 is 1.47 bits per heavy atom. The van der Waals surface area contributed by atoms with Crippen LogP contribution in [0.4, 0.5) is 0 Å². The number of nitrogen functional groups attached to an aromatic ring is 1. The molecule has 0 bridgehead atoms. The smallest absolute Gasteiger partial charge is 0.277 e. The summed E-state index contributed by atoms with van der Waals surface area (Å²) in [5.74, 6) is 6.02. The fourth-order valence-electron chi connectivity index (χ4n) is 1.30. The van der Waals surface area contributed by atoms with Crippen molar-refractivity contribution in [3.05, 3.63) is 15.6 Å². The van der Waals surface area contributed by atoms with Gasteiger partial charge in [-0.25, -0.2) is 10.8 Å². The summed E-state index contributed by atoms with van der Waals surface area (Å²) in [6.07, 6.45) is 0. The number of thioether (sulfide) groups is 1. The van der Waals surface area contributed by atoms with Crippen molar-refractivity contribution in [3.8, 4) is 0 Å². The van der Waals surface area contributed by atoms with Crippen molar-refractivity contribution in [1.29, 1.82) is 0 Å². The van der Waals surface area contributed by atoms with E-state index in [1.807, 2.05) is 25.6 Å². The molecule has 0 atom stereocenters. The summed E-state index contributed by atoms with van der Waals surface area (Å²) in [7, 11) is 0. The largest absolute Gasteiger partial charge is 0.289 e. The van der Waals surface area contributed by atoms with Crippen LogP contribution in [0.2, 0.25) is 0 Å². The minimum Gasteiger partial charge on any atom is -0.289 e. The molecule has 0 saturated heterocycles. The van der Waals surface area contributed by atoms with E-state index in [9.17, 15) is 4.79 Å². The van der Waals surface area contributed by atoms with Crippen LogP contribution >= 0.6 is 23.1 Å². The molecule has 0 unspecified atom stereocenters. The highest BCUT2D eigenvalue weighted by Gasteiger charge is 2.19. The van der Waals surface area contributed by atoms with Crippen molar-refractivity contribution in [1.82, 2.24) is 10.4 Å². The normalized spacial score (nSPS) is 11.2. The van der Waals surface area contributed by atoms with Gasteiger partial charge in [0.2, 0.25) is 0 Å². The van der Waals surface area contributed by atoms with E-state index < -0.39 is 0 Å². The maximum atomic E-state index is 11.6. The number of rotatable bonds is 5. The lowest BCUT2D eigenvalue weighted by atomic mass is 10.1. The van der Waals surface area contributed by atoms with Gasteiger partial charge in [0.1, 0.15) is 9.88 Å². The third kappa shape index (κ3) is 3.97. The Hall–Kier alpha value is -0.590. The van der Waals surface area contributed by atoms with Crippen LogP contribution in [0.3, 0.4) is 0 Å². The molecule has 0 spiro atoms. The van der Waals surface area contributed by atoms with Gasteiger partial charge >= 0.3 is 0 Å². The van der Waals surface area contributed by atoms with E-state index in [1.54, 1.807) is 0 Å². The molecule has 3 N–H and O–H groups in total. The van der Waals surface area contributed by atoms with Crippen LogP contribution in [-0.2, 0) is 5.75 Å². The number of nitrogens with zero attached hydrogens (tertiary/aromatic N) is 1. The molecule has 1 aromatic rings. The van der Waals surface area contributed by atoms with Crippen molar-refractivity contribution < 1.29 is 4.79 Å². The Labute approximate surface area is 110 Å². The molecule has 0 saturated carbocycles. The molecular weight excluding hydrogens is 254 g/mol. The molecule has 6 heteroatoms. The Bertz CT molecular complexity index is 388. The number of amides is 1. The van der Waals surface area contributed by atoms with E-state index in [4.69, 9.17) is 5.84 Å². The monoisotopic (exact) mass is 273 g/mol. The minimum absolute atomic E-state index is 0.233. The summed E-state index contributed by atoms with van der Waals surface area (Å²) in [6, 6.07) is 0. The lowest BCUT2D eigenvalue weighted by Crippen LogP contribution is -2.30. The average molecular weight is 273 g/mol. The molecule has 1 rings (SSSR count). The first-order valence-corrected chi connectivity index (χ1v) is 7.44. The highest BCUT2D eigenvalue weighted by molar-refractivity contribution is 7.99. The van der Waals surface area contributed by atoms with E-state index in [-0.39, 0.29) is 11.8 Å². The maximum absolute atomic E-state index is 11.6. The van der Waals surface area contributed by atoms with E-state index >= 15 is 0 Å². The molecule has 0 radical (unpaired) electrons. The number of hydrogen-bond donors (Lipinski definition) is 2.